The highest BCUT2D eigenvalue weighted by Crippen LogP contribution is 2.54. The Balaban J connectivity index is 1.60. The van der Waals surface area contributed by atoms with Crippen molar-refractivity contribution in [2.24, 2.45) is 5.92 Å². The van der Waals surface area contributed by atoms with Gasteiger partial charge >= 0.3 is 5.97 Å². The number of nitrogens with zero attached hydrogens (tertiary/aromatic N) is 2. The van der Waals surface area contributed by atoms with E-state index in [4.69, 9.17) is 9.47 Å². The second-order valence-electron chi connectivity index (χ2n) is 8.88. The van der Waals surface area contributed by atoms with E-state index in [-0.39, 0.29) is 22.9 Å². The summed E-state index contributed by atoms with van der Waals surface area (Å²) in [6.07, 6.45) is 1.40. The number of fused-ring (bicyclic) bond motifs is 4. The summed E-state index contributed by atoms with van der Waals surface area (Å²) in [6.45, 7) is 6.83. The fourth-order valence-corrected chi connectivity index (χ4v) is 5.60. The van der Waals surface area contributed by atoms with E-state index in [9.17, 15) is 9.90 Å². The lowest BCUT2D eigenvalue weighted by Crippen LogP contribution is -2.46. The van der Waals surface area contributed by atoms with Crippen molar-refractivity contribution in [2.45, 2.75) is 32.2 Å². The largest absolute Gasteiger partial charge is 0.493 e. The average molecular weight is 545 g/mol. The minimum Gasteiger partial charge on any atom is -0.493 e. The molecule has 1 aromatic heterocycles. The molecule has 3 heterocycles. The molecule has 2 aromatic carbocycles. The summed E-state index contributed by atoms with van der Waals surface area (Å²) in [7, 11) is 1.67. The molecule has 166 valence electrons. The van der Waals surface area contributed by atoms with Gasteiger partial charge in [0.2, 0.25) is 0 Å². The van der Waals surface area contributed by atoms with Gasteiger partial charge in [-0.15, -0.1) is 0 Å². The summed E-state index contributed by atoms with van der Waals surface area (Å²) in [4.78, 5) is 11.4. The lowest BCUT2D eigenvalue weighted by Gasteiger charge is -2.48. The molecule has 0 saturated heterocycles. The molecule has 2 atom stereocenters. The number of hydrogen-bond donors (Lipinski definition) is 2. The maximum atomic E-state index is 11.4. The van der Waals surface area contributed by atoms with E-state index < -0.39 is 5.97 Å². The fraction of sp³-hybridized carbons (Fsp3) is 0.333. The first-order chi connectivity index (χ1) is 15.2. The standard InChI is InChI=1S/C24H24IN3O4/c1-12-16(23(29)30)10-26-28(12)14-5-6-19-17(9-14)24(2,3)18-11-32-22-15(21(18)27-19)7-13(25)8-20(22)31-4/h5-10,18,21,27H,11H2,1-4H3,(H,29,30)/t18-,21-/m1/s1. The Morgan fingerprint density at radius 3 is 2.81 bits per heavy atom. The topological polar surface area (TPSA) is 85.6 Å². The first-order valence-electron chi connectivity index (χ1n) is 10.4. The molecule has 0 amide bonds. The van der Waals surface area contributed by atoms with Crippen LogP contribution < -0.4 is 14.8 Å². The van der Waals surface area contributed by atoms with Gasteiger partial charge < -0.3 is 19.9 Å². The van der Waals surface area contributed by atoms with E-state index in [0.717, 1.165) is 37.6 Å². The maximum absolute atomic E-state index is 11.4. The van der Waals surface area contributed by atoms with E-state index in [1.165, 1.54) is 6.20 Å². The molecule has 32 heavy (non-hydrogen) atoms. The van der Waals surface area contributed by atoms with Gasteiger partial charge in [0.05, 0.1) is 37.3 Å². The minimum absolute atomic E-state index is 0.0979. The summed E-state index contributed by atoms with van der Waals surface area (Å²) < 4.78 is 14.6. The third-order valence-corrected chi connectivity index (χ3v) is 7.46. The Hall–Kier alpha value is -2.75. The number of hydrogen-bond acceptors (Lipinski definition) is 5. The molecule has 0 aliphatic carbocycles. The number of aromatic nitrogens is 2. The zero-order valence-electron chi connectivity index (χ0n) is 18.3. The zero-order chi connectivity index (χ0) is 22.8. The van der Waals surface area contributed by atoms with Crippen LogP contribution in [0.15, 0.2) is 36.5 Å². The average Bonchev–Trinajstić information content (AvgIpc) is 3.14. The molecule has 2 aliphatic heterocycles. The molecule has 0 fully saturated rings. The highest BCUT2D eigenvalue weighted by molar-refractivity contribution is 14.1. The van der Waals surface area contributed by atoms with Gasteiger partial charge in [0.25, 0.3) is 0 Å². The number of methoxy groups -OCH3 is 1. The lowest BCUT2D eigenvalue weighted by molar-refractivity contribution is 0.0696. The number of carbonyl (C=O) groups is 1. The summed E-state index contributed by atoms with van der Waals surface area (Å²) in [6, 6.07) is 10.4. The van der Waals surface area contributed by atoms with Gasteiger partial charge in [-0.2, -0.15) is 5.10 Å². The summed E-state index contributed by atoms with van der Waals surface area (Å²) >= 11 is 2.31. The van der Waals surface area contributed by atoms with Crippen molar-refractivity contribution in [1.82, 2.24) is 9.78 Å². The Morgan fingerprint density at radius 1 is 1.34 bits per heavy atom. The van der Waals surface area contributed by atoms with Crippen molar-refractivity contribution in [2.75, 3.05) is 19.0 Å². The molecule has 0 bridgehead atoms. The number of nitrogens with one attached hydrogen (secondary N) is 1. The number of benzene rings is 2. The van der Waals surface area contributed by atoms with Gasteiger partial charge in [-0.3, -0.25) is 0 Å². The van der Waals surface area contributed by atoms with Crippen LogP contribution in [-0.2, 0) is 5.41 Å². The van der Waals surface area contributed by atoms with Crippen LogP contribution in [0.5, 0.6) is 11.5 Å². The molecule has 3 aromatic rings. The highest BCUT2D eigenvalue weighted by atomic mass is 127. The van der Waals surface area contributed by atoms with E-state index in [1.807, 2.05) is 12.1 Å². The number of rotatable bonds is 3. The Labute approximate surface area is 199 Å². The second-order valence-corrected chi connectivity index (χ2v) is 10.1. The fourth-order valence-electron chi connectivity index (χ4n) is 4.99. The molecule has 0 radical (unpaired) electrons. The van der Waals surface area contributed by atoms with Gasteiger partial charge in [0.1, 0.15) is 5.56 Å². The molecule has 0 spiro atoms. The van der Waals surface area contributed by atoms with Gasteiger partial charge in [0.15, 0.2) is 11.5 Å². The second kappa shape index (κ2) is 7.40. The first-order valence-corrected chi connectivity index (χ1v) is 11.5. The molecule has 2 aliphatic rings. The van der Waals surface area contributed by atoms with E-state index in [2.05, 4.69) is 65.1 Å². The van der Waals surface area contributed by atoms with Gasteiger partial charge in [-0.25, -0.2) is 9.48 Å². The van der Waals surface area contributed by atoms with Gasteiger partial charge in [0, 0.05) is 26.2 Å². The molecule has 0 saturated carbocycles. The minimum atomic E-state index is -0.973. The van der Waals surface area contributed by atoms with Crippen molar-refractivity contribution in [1.29, 1.82) is 0 Å². The Kier molecular flexibility index (Phi) is 4.88. The van der Waals surface area contributed by atoms with Crippen LogP contribution in [0.1, 0.15) is 47.1 Å². The summed E-state index contributed by atoms with van der Waals surface area (Å²) in [5.41, 5.74) is 4.80. The number of carboxylic acids is 1. The summed E-state index contributed by atoms with van der Waals surface area (Å²) in [5, 5.41) is 17.4. The third kappa shape index (κ3) is 3.07. The number of aromatic carboxylic acids is 1. The first kappa shape index (κ1) is 21.1. The van der Waals surface area contributed by atoms with Crippen LogP contribution >= 0.6 is 22.6 Å². The molecule has 7 nitrogen and oxygen atoms in total. The monoisotopic (exact) mass is 545 g/mol. The van der Waals surface area contributed by atoms with Crippen molar-refractivity contribution in [3.8, 4) is 17.2 Å². The van der Waals surface area contributed by atoms with Crippen LogP contribution in [0.4, 0.5) is 5.69 Å². The predicted octanol–water partition coefficient (Wildman–Crippen LogP) is 4.95. The van der Waals surface area contributed by atoms with E-state index in [0.29, 0.717) is 12.3 Å². The number of carboxylic acid groups (broad SMARTS) is 1. The smallest absolute Gasteiger partial charge is 0.339 e. The molecular weight excluding hydrogens is 521 g/mol. The van der Waals surface area contributed by atoms with E-state index in [1.54, 1.807) is 18.7 Å². The van der Waals surface area contributed by atoms with Crippen LogP contribution in [-0.4, -0.2) is 34.6 Å². The quantitative estimate of drug-likeness (QED) is 0.454. The summed E-state index contributed by atoms with van der Waals surface area (Å²) in [5.74, 6) is 0.800. The third-order valence-electron chi connectivity index (χ3n) is 6.83. The zero-order valence-corrected chi connectivity index (χ0v) is 20.4. The van der Waals surface area contributed by atoms with Gasteiger partial charge in [-0.05, 0) is 65.4 Å². The predicted molar refractivity (Wildman–Crippen MR) is 129 cm³/mol. The Morgan fingerprint density at radius 2 is 2.12 bits per heavy atom. The highest BCUT2D eigenvalue weighted by Gasteiger charge is 2.47. The Bertz CT molecular complexity index is 1250. The van der Waals surface area contributed by atoms with Crippen LogP contribution in [0.2, 0.25) is 0 Å². The van der Waals surface area contributed by atoms with Crippen LogP contribution in [0.3, 0.4) is 0 Å². The molecular formula is C24H24IN3O4. The van der Waals surface area contributed by atoms with E-state index >= 15 is 0 Å². The van der Waals surface area contributed by atoms with Gasteiger partial charge in [-0.1, -0.05) is 13.8 Å². The number of ether oxygens (including phenoxy) is 2. The SMILES string of the molecule is COc1cc(I)cc2c1OC[C@@H]1[C@@H]2Nc2ccc(-n3ncc(C(=O)O)c3C)cc2C1(C)C. The molecule has 0 unspecified atom stereocenters. The number of anilines is 1. The number of halogens is 1. The lowest BCUT2D eigenvalue weighted by atomic mass is 9.65. The molecule has 2 N–H and O–H groups in total. The van der Waals surface area contributed by atoms with Crippen molar-refractivity contribution in [3.63, 3.8) is 0 Å². The van der Waals surface area contributed by atoms with Crippen molar-refractivity contribution >= 4 is 34.2 Å². The van der Waals surface area contributed by atoms with Crippen LogP contribution in [0, 0.1) is 16.4 Å². The van der Waals surface area contributed by atoms with Crippen molar-refractivity contribution < 1.29 is 19.4 Å². The molecule has 8 heteroatoms. The van der Waals surface area contributed by atoms with Crippen LogP contribution in [0.25, 0.3) is 5.69 Å². The molecule has 5 rings (SSSR count). The van der Waals surface area contributed by atoms with Crippen molar-refractivity contribution in [3.05, 3.63) is 62.5 Å². The maximum Gasteiger partial charge on any atom is 0.339 e. The normalized spacial score (nSPS) is 20.3.